The number of benzene rings is 1. The Morgan fingerprint density at radius 2 is 1.88 bits per heavy atom. The molecule has 16 heavy (non-hydrogen) atoms. The van der Waals surface area contributed by atoms with E-state index in [4.69, 9.17) is 5.73 Å². The van der Waals surface area contributed by atoms with Crippen molar-refractivity contribution in [2.75, 3.05) is 13.1 Å². The van der Waals surface area contributed by atoms with Gasteiger partial charge in [-0.1, -0.05) is 26.0 Å². The van der Waals surface area contributed by atoms with Crippen molar-refractivity contribution in [2.45, 2.75) is 25.8 Å². The molecule has 0 aliphatic carbocycles. The zero-order valence-electron chi connectivity index (χ0n) is 9.81. The maximum atomic E-state index is 11.9. The molecule has 1 aliphatic rings. The van der Waals surface area contributed by atoms with Gasteiger partial charge in [0.15, 0.2) is 0 Å². The Labute approximate surface area is 96.2 Å². The van der Waals surface area contributed by atoms with E-state index in [9.17, 15) is 4.79 Å². The fourth-order valence-corrected chi connectivity index (χ4v) is 1.87. The molecule has 0 unspecified atom stereocenters. The molecule has 0 saturated carbocycles. The Morgan fingerprint density at radius 1 is 1.31 bits per heavy atom. The average molecular weight is 218 g/mol. The molecular formula is C13H18N2O. The first-order valence-electron chi connectivity index (χ1n) is 5.72. The number of hydrogen-bond donors (Lipinski definition) is 1. The van der Waals surface area contributed by atoms with Crippen LogP contribution in [-0.4, -0.2) is 29.9 Å². The minimum Gasteiger partial charge on any atom is -0.335 e. The Balaban J connectivity index is 2.07. The molecule has 0 aromatic heterocycles. The van der Waals surface area contributed by atoms with Gasteiger partial charge in [0.2, 0.25) is 0 Å². The van der Waals surface area contributed by atoms with E-state index in [0.29, 0.717) is 19.0 Å². The zero-order valence-corrected chi connectivity index (χ0v) is 9.81. The van der Waals surface area contributed by atoms with Gasteiger partial charge in [-0.3, -0.25) is 4.79 Å². The highest BCUT2D eigenvalue weighted by molar-refractivity contribution is 5.94. The topological polar surface area (TPSA) is 46.3 Å². The fourth-order valence-electron chi connectivity index (χ4n) is 1.87. The third kappa shape index (κ3) is 2.09. The predicted molar refractivity (Wildman–Crippen MR) is 64.4 cm³/mol. The molecule has 3 nitrogen and oxygen atoms in total. The fraction of sp³-hybridized carbons (Fsp3) is 0.462. The minimum absolute atomic E-state index is 0.0945. The summed E-state index contributed by atoms with van der Waals surface area (Å²) in [5.74, 6) is 0.596. The van der Waals surface area contributed by atoms with Crippen LogP contribution in [0.25, 0.3) is 0 Å². The second-order valence-corrected chi connectivity index (χ2v) is 4.75. The van der Waals surface area contributed by atoms with Crippen molar-refractivity contribution in [3.8, 4) is 0 Å². The van der Waals surface area contributed by atoms with Gasteiger partial charge in [-0.15, -0.1) is 0 Å². The molecule has 86 valence electrons. The van der Waals surface area contributed by atoms with Crippen LogP contribution in [0.4, 0.5) is 0 Å². The number of nitrogens with two attached hydrogens (primary N) is 1. The van der Waals surface area contributed by atoms with Crippen molar-refractivity contribution in [1.29, 1.82) is 0 Å². The largest absolute Gasteiger partial charge is 0.335 e. The molecule has 3 heteroatoms. The van der Waals surface area contributed by atoms with Crippen LogP contribution in [0.3, 0.4) is 0 Å². The van der Waals surface area contributed by atoms with E-state index in [1.54, 1.807) is 4.90 Å². The minimum atomic E-state index is 0.0945. The first-order chi connectivity index (χ1) is 7.58. The average Bonchev–Trinajstić information content (AvgIpc) is 2.24. The highest BCUT2D eigenvalue weighted by Gasteiger charge is 2.28. The van der Waals surface area contributed by atoms with Gasteiger partial charge in [0.25, 0.3) is 5.91 Å². The molecule has 0 spiro atoms. The summed E-state index contributed by atoms with van der Waals surface area (Å²) in [5.41, 5.74) is 7.68. The van der Waals surface area contributed by atoms with Crippen molar-refractivity contribution in [3.05, 3.63) is 35.4 Å². The monoisotopic (exact) mass is 218 g/mol. The normalized spacial score (nSPS) is 16.4. The van der Waals surface area contributed by atoms with E-state index < -0.39 is 0 Å². The number of likely N-dealkylation sites (tertiary alicyclic amines) is 1. The third-order valence-corrected chi connectivity index (χ3v) is 3.02. The van der Waals surface area contributed by atoms with E-state index in [2.05, 4.69) is 13.8 Å². The molecular weight excluding hydrogens is 200 g/mol. The van der Waals surface area contributed by atoms with Crippen LogP contribution in [0.15, 0.2) is 24.3 Å². The lowest BCUT2D eigenvalue weighted by Crippen LogP contribution is -2.57. The molecule has 1 amide bonds. The summed E-state index contributed by atoms with van der Waals surface area (Å²) in [6.45, 7) is 5.66. The maximum Gasteiger partial charge on any atom is 0.253 e. The van der Waals surface area contributed by atoms with Crippen LogP contribution in [0.2, 0.25) is 0 Å². The van der Waals surface area contributed by atoms with Crippen molar-refractivity contribution in [1.82, 2.24) is 4.90 Å². The van der Waals surface area contributed by atoms with Gasteiger partial charge < -0.3 is 10.6 Å². The second kappa shape index (κ2) is 4.26. The zero-order chi connectivity index (χ0) is 11.7. The molecule has 0 radical (unpaired) electrons. The van der Waals surface area contributed by atoms with E-state index >= 15 is 0 Å². The van der Waals surface area contributed by atoms with E-state index in [1.165, 1.54) is 5.56 Å². The van der Waals surface area contributed by atoms with Crippen molar-refractivity contribution >= 4 is 5.91 Å². The number of amides is 1. The maximum absolute atomic E-state index is 11.9. The van der Waals surface area contributed by atoms with Gasteiger partial charge in [0.05, 0.1) is 0 Å². The Hall–Kier alpha value is -1.35. The first kappa shape index (κ1) is 11.1. The van der Waals surface area contributed by atoms with Crippen LogP contribution >= 0.6 is 0 Å². The van der Waals surface area contributed by atoms with Crippen LogP contribution in [0.1, 0.15) is 35.7 Å². The smallest absolute Gasteiger partial charge is 0.253 e. The van der Waals surface area contributed by atoms with Gasteiger partial charge in [0.1, 0.15) is 0 Å². The van der Waals surface area contributed by atoms with Crippen LogP contribution in [-0.2, 0) is 0 Å². The van der Waals surface area contributed by atoms with Gasteiger partial charge in [-0.2, -0.15) is 0 Å². The van der Waals surface area contributed by atoms with Gasteiger partial charge in [-0.05, 0) is 23.6 Å². The number of hydrogen-bond acceptors (Lipinski definition) is 2. The lowest BCUT2D eigenvalue weighted by atomic mass is 10.0. The quantitative estimate of drug-likeness (QED) is 0.819. The van der Waals surface area contributed by atoms with Crippen molar-refractivity contribution < 1.29 is 4.79 Å². The molecule has 2 N–H and O–H groups in total. The lowest BCUT2D eigenvalue weighted by molar-refractivity contribution is 0.0608. The van der Waals surface area contributed by atoms with Gasteiger partial charge in [-0.25, -0.2) is 0 Å². The highest BCUT2D eigenvalue weighted by atomic mass is 16.2. The predicted octanol–water partition coefficient (Wildman–Crippen LogP) is 1.59. The second-order valence-electron chi connectivity index (χ2n) is 4.75. The molecule has 1 heterocycles. The molecule has 1 aromatic carbocycles. The molecule has 1 fully saturated rings. The Kier molecular flexibility index (Phi) is 2.97. The lowest BCUT2D eigenvalue weighted by Gasteiger charge is -2.36. The molecule has 0 atom stereocenters. The van der Waals surface area contributed by atoms with E-state index in [-0.39, 0.29) is 11.9 Å². The summed E-state index contributed by atoms with van der Waals surface area (Å²) in [5, 5.41) is 0. The van der Waals surface area contributed by atoms with Crippen LogP contribution < -0.4 is 5.73 Å². The summed E-state index contributed by atoms with van der Waals surface area (Å²) in [4.78, 5) is 13.7. The molecule has 1 aliphatic heterocycles. The van der Waals surface area contributed by atoms with E-state index in [0.717, 1.165) is 5.56 Å². The third-order valence-electron chi connectivity index (χ3n) is 3.02. The standard InChI is InChI=1S/C13H18N2O/c1-9(2)10-3-5-11(6-4-10)13(16)15-7-12(14)8-15/h3-6,9,12H,7-8,14H2,1-2H3. The SMILES string of the molecule is CC(C)c1ccc(C(=O)N2CC(N)C2)cc1. The summed E-state index contributed by atoms with van der Waals surface area (Å²) in [7, 11) is 0. The number of nitrogens with zero attached hydrogens (tertiary/aromatic N) is 1. The molecule has 1 saturated heterocycles. The molecule has 1 aromatic rings. The Bertz CT molecular complexity index is 377. The molecule has 0 bridgehead atoms. The van der Waals surface area contributed by atoms with Gasteiger partial charge >= 0.3 is 0 Å². The molecule has 2 rings (SSSR count). The van der Waals surface area contributed by atoms with E-state index in [1.807, 2.05) is 24.3 Å². The van der Waals surface area contributed by atoms with Crippen LogP contribution in [0, 0.1) is 0 Å². The summed E-state index contributed by atoms with van der Waals surface area (Å²) in [6.07, 6.45) is 0. The van der Waals surface area contributed by atoms with Crippen molar-refractivity contribution in [3.63, 3.8) is 0 Å². The number of rotatable bonds is 2. The van der Waals surface area contributed by atoms with Crippen LogP contribution in [0.5, 0.6) is 0 Å². The summed E-state index contributed by atoms with van der Waals surface area (Å²) < 4.78 is 0. The number of carbonyl (C=O) groups is 1. The van der Waals surface area contributed by atoms with Gasteiger partial charge in [0, 0.05) is 24.7 Å². The van der Waals surface area contributed by atoms with Crippen molar-refractivity contribution in [2.24, 2.45) is 5.73 Å². The Morgan fingerprint density at radius 3 is 2.31 bits per heavy atom. The first-order valence-corrected chi connectivity index (χ1v) is 5.72. The number of carbonyl (C=O) groups excluding carboxylic acids is 1. The summed E-state index contributed by atoms with van der Waals surface area (Å²) in [6, 6.07) is 8.03. The summed E-state index contributed by atoms with van der Waals surface area (Å²) >= 11 is 0. The highest BCUT2D eigenvalue weighted by Crippen LogP contribution is 2.17.